The van der Waals surface area contributed by atoms with Crippen LogP contribution in [0.4, 0.5) is 4.79 Å². The van der Waals surface area contributed by atoms with E-state index in [0.717, 1.165) is 47.5 Å². The van der Waals surface area contributed by atoms with Gasteiger partial charge in [-0.05, 0) is 47.6 Å². The third kappa shape index (κ3) is 8.87. The molecule has 232 valence electrons. The lowest BCUT2D eigenvalue weighted by molar-refractivity contribution is -0.136. The fraction of sp³-hybridized carbons (Fsp3) is 0.543. The van der Waals surface area contributed by atoms with Gasteiger partial charge in [0, 0.05) is 25.1 Å². The normalized spacial score (nSPS) is 23.5. The lowest BCUT2D eigenvalue weighted by Gasteiger charge is -2.33. The monoisotopic (exact) mass is 606 g/mol. The highest BCUT2D eigenvalue weighted by Crippen LogP contribution is 2.37. The summed E-state index contributed by atoms with van der Waals surface area (Å²) in [5, 5.41) is 25.4. The van der Waals surface area contributed by atoms with Gasteiger partial charge in [0.2, 0.25) is 5.91 Å². The van der Waals surface area contributed by atoms with Gasteiger partial charge in [0.15, 0.2) is 0 Å². The van der Waals surface area contributed by atoms with Crippen molar-refractivity contribution in [3.05, 3.63) is 77.4 Å². The Balaban J connectivity index is 1.26. The van der Waals surface area contributed by atoms with Crippen LogP contribution in [-0.2, 0) is 16.0 Å². The summed E-state index contributed by atoms with van der Waals surface area (Å²) in [6.07, 6.45) is 9.97. The van der Waals surface area contributed by atoms with Crippen molar-refractivity contribution in [3.8, 4) is 0 Å². The number of rotatable bonds is 12. The van der Waals surface area contributed by atoms with Crippen LogP contribution in [0.2, 0.25) is 0 Å². The Morgan fingerprint density at radius 3 is 2.58 bits per heavy atom. The summed E-state index contributed by atoms with van der Waals surface area (Å²) in [5.74, 6) is 2.11. The number of alkyl carbamates (subject to hydrolysis) is 1. The van der Waals surface area contributed by atoms with Gasteiger partial charge in [0.05, 0.1) is 24.3 Å². The number of nitrogens with one attached hydrogen (secondary N) is 1. The Morgan fingerprint density at radius 2 is 1.81 bits per heavy atom. The molecule has 2 fully saturated rings. The van der Waals surface area contributed by atoms with Crippen molar-refractivity contribution in [1.82, 2.24) is 10.2 Å². The molecule has 2 amide bonds. The molecule has 0 spiro atoms. The highest BCUT2D eigenvalue weighted by Gasteiger charge is 2.37. The van der Waals surface area contributed by atoms with Crippen LogP contribution in [0.3, 0.4) is 0 Å². The molecule has 2 aromatic carbocycles. The van der Waals surface area contributed by atoms with Crippen molar-refractivity contribution < 1.29 is 24.5 Å². The van der Waals surface area contributed by atoms with Gasteiger partial charge in [-0.3, -0.25) is 4.79 Å². The molecule has 0 radical (unpaired) electrons. The summed E-state index contributed by atoms with van der Waals surface area (Å²) in [4.78, 5) is 28.4. The highest BCUT2D eigenvalue weighted by atomic mass is 32.2. The Bertz CT molecular complexity index is 1210. The second kappa shape index (κ2) is 15.8. The van der Waals surface area contributed by atoms with Gasteiger partial charge < -0.3 is 25.2 Å². The summed E-state index contributed by atoms with van der Waals surface area (Å²) in [5.41, 5.74) is 3.07. The van der Waals surface area contributed by atoms with Crippen LogP contribution in [0.15, 0.2) is 60.7 Å². The summed E-state index contributed by atoms with van der Waals surface area (Å²) < 4.78 is 5.65. The largest absolute Gasteiger partial charge is 0.445 e. The Hall–Kier alpha value is -2.81. The zero-order valence-electron chi connectivity index (χ0n) is 25.0. The number of ether oxygens (including phenoxy) is 1. The van der Waals surface area contributed by atoms with Crippen molar-refractivity contribution in [2.24, 2.45) is 5.92 Å². The number of thioether (sulfide) groups is 1. The third-order valence-corrected chi connectivity index (χ3v) is 10.3. The van der Waals surface area contributed by atoms with E-state index in [1.165, 1.54) is 19.3 Å². The molecular formula is C35H46N2O5S. The molecule has 1 saturated heterocycles. The van der Waals surface area contributed by atoms with E-state index in [1.807, 2.05) is 66.7 Å². The van der Waals surface area contributed by atoms with Crippen LogP contribution in [0.5, 0.6) is 0 Å². The molecule has 1 heterocycles. The number of hydrogen-bond donors (Lipinski definition) is 3. The van der Waals surface area contributed by atoms with Crippen LogP contribution >= 0.6 is 11.8 Å². The van der Waals surface area contributed by atoms with E-state index in [4.69, 9.17) is 4.74 Å². The summed E-state index contributed by atoms with van der Waals surface area (Å²) in [6.45, 7) is 0.343. The number of hydrogen-bond acceptors (Lipinski definition) is 6. The van der Waals surface area contributed by atoms with Crippen LogP contribution in [-0.4, -0.2) is 69.5 Å². The third-order valence-electron chi connectivity index (χ3n) is 9.13. The van der Waals surface area contributed by atoms with Gasteiger partial charge in [-0.15, -0.1) is 0 Å². The minimum Gasteiger partial charge on any atom is -0.445 e. The highest BCUT2D eigenvalue weighted by molar-refractivity contribution is 7.99. The second-order valence-corrected chi connectivity index (χ2v) is 13.4. The van der Waals surface area contributed by atoms with Gasteiger partial charge >= 0.3 is 6.09 Å². The number of nitrogens with zero attached hydrogens (tertiary/aromatic N) is 1. The quantitative estimate of drug-likeness (QED) is 0.278. The van der Waals surface area contributed by atoms with E-state index in [-0.39, 0.29) is 24.9 Å². The van der Waals surface area contributed by atoms with Crippen molar-refractivity contribution in [2.45, 2.75) is 94.6 Å². The van der Waals surface area contributed by atoms with Gasteiger partial charge in [-0.2, -0.15) is 11.8 Å². The standard InChI is InChI=1S/C35H46N2O5S/c38-31(30(22-26-12-5-2-6-13-26)36-35(41)42-28-19-21-43-24-28)17-18-33(40)37(20-9-14-25-10-3-1-4-11-25)34-29-16-8-7-15-27(29)23-32(34)39/h1,3-4,7-11,14-16,26,28,30-32,34,38-39H,2,5-6,12-13,17-24H2,(H,36,41)/t28-,30-,31-,32+,34-/m0/s1. The minimum absolute atomic E-state index is 0.0859. The zero-order valence-corrected chi connectivity index (χ0v) is 25.8. The lowest BCUT2D eigenvalue weighted by Crippen LogP contribution is -2.46. The molecule has 3 aliphatic rings. The van der Waals surface area contributed by atoms with E-state index in [2.05, 4.69) is 5.32 Å². The predicted molar refractivity (Wildman–Crippen MR) is 172 cm³/mol. The van der Waals surface area contributed by atoms with Gasteiger partial charge in [0.1, 0.15) is 6.10 Å². The lowest BCUT2D eigenvalue weighted by atomic mass is 9.83. The van der Waals surface area contributed by atoms with Gasteiger partial charge in [-0.25, -0.2) is 4.79 Å². The number of fused-ring (bicyclic) bond motifs is 1. The fourth-order valence-corrected chi connectivity index (χ4v) is 7.91. The summed E-state index contributed by atoms with van der Waals surface area (Å²) in [7, 11) is 0. The molecule has 2 aromatic rings. The van der Waals surface area contributed by atoms with E-state index < -0.39 is 30.4 Å². The molecule has 1 saturated carbocycles. The second-order valence-electron chi connectivity index (χ2n) is 12.3. The molecule has 1 aliphatic heterocycles. The first-order chi connectivity index (χ1) is 21.0. The minimum atomic E-state index is -0.876. The number of aliphatic hydroxyl groups excluding tert-OH is 2. The van der Waals surface area contributed by atoms with Crippen LogP contribution in [0.1, 0.15) is 80.5 Å². The molecule has 5 atom stereocenters. The number of carbonyl (C=O) groups excluding carboxylic acids is 2. The maximum absolute atomic E-state index is 13.9. The number of benzene rings is 2. The molecule has 0 unspecified atom stereocenters. The van der Waals surface area contributed by atoms with E-state index >= 15 is 0 Å². The maximum atomic E-state index is 13.9. The van der Waals surface area contributed by atoms with Crippen molar-refractivity contribution in [2.75, 3.05) is 18.1 Å². The maximum Gasteiger partial charge on any atom is 0.407 e. The fourth-order valence-electron chi connectivity index (χ4n) is 6.82. The average Bonchev–Trinajstić information content (AvgIpc) is 3.65. The molecule has 7 nitrogen and oxygen atoms in total. The van der Waals surface area contributed by atoms with Crippen LogP contribution in [0.25, 0.3) is 6.08 Å². The van der Waals surface area contributed by atoms with Crippen molar-refractivity contribution in [3.63, 3.8) is 0 Å². The number of carbonyl (C=O) groups is 2. The van der Waals surface area contributed by atoms with Crippen LogP contribution < -0.4 is 5.32 Å². The first kappa shape index (κ1) is 31.6. The average molecular weight is 607 g/mol. The predicted octanol–water partition coefficient (Wildman–Crippen LogP) is 5.90. The van der Waals surface area contributed by atoms with Gasteiger partial charge in [-0.1, -0.05) is 98.9 Å². The van der Waals surface area contributed by atoms with E-state index in [0.29, 0.717) is 25.3 Å². The molecule has 0 aromatic heterocycles. The smallest absolute Gasteiger partial charge is 0.407 e. The number of amides is 2. The Kier molecular flexibility index (Phi) is 11.6. The molecule has 43 heavy (non-hydrogen) atoms. The molecule has 8 heteroatoms. The summed E-state index contributed by atoms with van der Waals surface area (Å²) in [6, 6.07) is 16.9. The van der Waals surface area contributed by atoms with Crippen molar-refractivity contribution in [1.29, 1.82) is 0 Å². The summed E-state index contributed by atoms with van der Waals surface area (Å²) >= 11 is 1.78. The van der Waals surface area contributed by atoms with Crippen molar-refractivity contribution >= 4 is 29.8 Å². The van der Waals surface area contributed by atoms with E-state index in [1.54, 1.807) is 16.7 Å². The molecule has 0 bridgehead atoms. The topological polar surface area (TPSA) is 99.1 Å². The number of aliphatic hydroxyl groups is 2. The SMILES string of the molecule is O=C(N[C@@H](CC1CCCCC1)[C@@H](O)CCC(=O)N(CC=Cc1ccccc1)[C@H]1c2ccccc2C[C@H]1O)O[C@H]1CCSC1. The van der Waals surface area contributed by atoms with Crippen LogP contribution in [0, 0.1) is 5.92 Å². The first-order valence-electron chi connectivity index (χ1n) is 16.0. The molecule has 3 N–H and O–H groups in total. The molecular weight excluding hydrogens is 560 g/mol. The molecule has 2 aliphatic carbocycles. The molecule has 5 rings (SSSR count). The van der Waals surface area contributed by atoms with Gasteiger partial charge in [0.25, 0.3) is 0 Å². The Morgan fingerprint density at radius 1 is 1.05 bits per heavy atom. The van der Waals surface area contributed by atoms with E-state index in [9.17, 15) is 19.8 Å². The first-order valence-corrected chi connectivity index (χ1v) is 17.1. The Labute approximate surface area is 260 Å². The zero-order chi connectivity index (χ0) is 30.0.